The maximum absolute atomic E-state index is 5.37. The van der Waals surface area contributed by atoms with Crippen LogP contribution in [-0.4, -0.2) is 20.8 Å². The lowest BCUT2D eigenvalue weighted by Crippen LogP contribution is -2.22. The Kier molecular flexibility index (Phi) is 5.23. The van der Waals surface area contributed by atoms with Crippen molar-refractivity contribution in [2.75, 3.05) is 20.8 Å². The molecule has 0 aromatic heterocycles. The molecule has 21 heavy (non-hydrogen) atoms. The second-order valence-electron chi connectivity index (χ2n) is 5.05. The first-order chi connectivity index (χ1) is 10.2. The molecule has 0 saturated carbocycles. The molecule has 0 saturated heterocycles. The van der Waals surface area contributed by atoms with Crippen LogP contribution in [0.4, 0.5) is 0 Å². The molecule has 3 nitrogen and oxygen atoms in total. The van der Waals surface area contributed by atoms with Crippen molar-refractivity contribution in [2.24, 2.45) is 0 Å². The number of ether oxygens (including phenoxy) is 2. The van der Waals surface area contributed by atoms with E-state index in [-0.39, 0.29) is 6.04 Å². The minimum atomic E-state index is 0.125. The SMILES string of the molecule is CCNC(c1ccc(C)cc1)c1cc(OC)cc(OC)c1. The molecule has 0 aliphatic heterocycles. The smallest absolute Gasteiger partial charge is 0.122 e. The molecular weight excluding hydrogens is 262 g/mol. The summed E-state index contributed by atoms with van der Waals surface area (Å²) in [5.74, 6) is 1.61. The van der Waals surface area contributed by atoms with Gasteiger partial charge in [0.05, 0.1) is 20.3 Å². The fraction of sp³-hybridized carbons (Fsp3) is 0.333. The van der Waals surface area contributed by atoms with Crippen molar-refractivity contribution in [3.05, 3.63) is 59.2 Å². The van der Waals surface area contributed by atoms with Crippen LogP contribution in [0.1, 0.15) is 29.7 Å². The minimum Gasteiger partial charge on any atom is -0.497 e. The minimum absolute atomic E-state index is 0.125. The third-order valence-electron chi connectivity index (χ3n) is 3.53. The van der Waals surface area contributed by atoms with Gasteiger partial charge in [0.2, 0.25) is 0 Å². The highest BCUT2D eigenvalue weighted by Crippen LogP contribution is 2.30. The van der Waals surface area contributed by atoms with Crippen LogP contribution in [0.2, 0.25) is 0 Å². The van der Waals surface area contributed by atoms with Gasteiger partial charge in [-0.15, -0.1) is 0 Å². The van der Waals surface area contributed by atoms with E-state index in [9.17, 15) is 0 Å². The molecule has 0 radical (unpaired) electrons. The number of methoxy groups -OCH3 is 2. The summed E-state index contributed by atoms with van der Waals surface area (Å²) in [6.45, 7) is 5.09. The van der Waals surface area contributed by atoms with E-state index in [4.69, 9.17) is 9.47 Å². The molecule has 0 aliphatic carbocycles. The second kappa shape index (κ2) is 7.14. The first kappa shape index (κ1) is 15.4. The van der Waals surface area contributed by atoms with Crippen LogP contribution >= 0.6 is 0 Å². The fourth-order valence-corrected chi connectivity index (χ4v) is 2.39. The Hall–Kier alpha value is -2.00. The van der Waals surface area contributed by atoms with Crippen LogP contribution in [-0.2, 0) is 0 Å². The zero-order valence-corrected chi connectivity index (χ0v) is 13.1. The van der Waals surface area contributed by atoms with E-state index >= 15 is 0 Å². The van der Waals surface area contributed by atoms with Gasteiger partial charge in [0.25, 0.3) is 0 Å². The van der Waals surface area contributed by atoms with E-state index in [0.717, 1.165) is 23.6 Å². The molecule has 1 atom stereocenters. The van der Waals surface area contributed by atoms with Crippen LogP contribution in [0.5, 0.6) is 11.5 Å². The second-order valence-corrected chi connectivity index (χ2v) is 5.05. The molecule has 1 N–H and O–H groups in total. The van der Waals surface area contributed by atoms with Gasteiger partial charge in [-0.2, -0.15) is 0 Å². The standard InChI is InChI=1S/C18H23NO2/c1-5-19-18(14-8-6-13(2)7-9-14)15-10-16(20-3)12-17(11-15)21-4/h6-12,18-19H,5H2,1-4H3. The Morgan fingerprint density at radius 3 is 1.95 bits per heavy atom. The van der Waals surface area contributed by atoms with Gasteiger partial charge in [0, 0.05) is 6.07 Å². The third-order valence-corrected chi connectivity index (χ3v) is 3.53. The summed E-state index contributed by atoms with van der Waals surface area (Å²) >= 11 is 0. The molecule has 3 heteroatoms. The molecule has 0 bridgehead atoms. The van der Waals surface area contributed by atoms with Gasteiger partial charge in [0.15, 0.2) is 0 Å². The third kappa shape index (κ3) is 3.76. The lowest BCUT2D eigenvalue weighted by Gasteiger charge is -2.20. The average Bonchev–Trinajstić information content (AvgIpc) is 2.53. The summed E-state index contributed by atoms with van der Waals surface area (Å²) in [6.07, 6.45) is 0. The molecule has 1 unspecified atom stereocenters. The van der Waals surface area contributed by atoms with Crippen molar-refractivity contribution in [3.8, 4) is 11.5 Å². The maximum atomic E-state index is 5.37. The highest BCUT2D eigenvalue weighted by atomic mass is 16.5. The van der Waals surface area contributed by atoms with Crippen LogP contribution < -0.4 is 14.8 Å². The van der Waals surface area contributed by atoms with Gasteiger partial charge in [-0.1, -0.05) is 36.8 Å². The molecule has 0 amide bonds. The molecule has 2 aromatic rings. The molecule has 2 rings (SSSR count). The van der Waals surface area contributed by atoms with Crippen molar-refractivity contribution in [2.45, 2.75) is 19.9 Å². The van der Waals surface area contributed by atoms with E-state index in [2.05, 4.69) is 55.6 Å². The number of hydrogen-bond acceptors (Lipinski definition) is 3. The van der Waals surface area contributed by atoms with Gasteiger partial charge in [-0.05, 0) is 36.7 Å². The zero-order chi connectivity index (χ0) is 15.2. The van der Waals surface area contributed by atoms with Gasteiger partial charge in [-0.25, -0.2) is 0 Å². The monoisotopic (exact) mass is 285 g/mol. The van der Waals surface area contributed by atoms with Crippen molar-refractivity contribution in [1.82, 2.24) is 5.32 Å². The van der Waals surface area contributed by atoms with Crippen molar-refractivity contribution in [1.29, 1.82) is 0 Å². The summed E-state index contributed by atoms with van der Waals surface area (Å²) in [6, 6.07) is 14.7. The Labute approximate surface area is 126 Å². The topological polar surface area (TPSA) is 30.5 Å². The molecule has 0 fully saturated rings. The summed E-state index contributed by atoms with van der Waals surface area (Å²) in [7, 11) is 3.35. The maximum Gasteiger partial charge on any atom is 0.122 e. The Bertz CT molecular complexity index is 556. The first-order valence-electron chi connectivity index (χ1n) is 7.20. The number of nitrogens with one attached hydrogen (secondary N) is 1. The normalized spacial score (nSPS) is 12.0. The van der Waals surface area contributed by atoms with Gasteiger partial charge in [-0.3, -0.25) is 0 Å². The Morgan fingerprint density at radius 2 is 1.48 bits per heavy atom. The van der Waals surface area contributed by atoms with E-state index in [1.54, 1.807) is 14.2 Å². The molecule has 0 aliphatic rings. The molecule has 0 spiro atoms. The number of rotatable bonds is 6. The van der Waals surface area contributed by atoms with Gasteiger partial charge in [0.1, 0.15) is 11.5 Å². The average molecular weight is 285 g/mol. The fourth-order valence-electron chi connectivity index (χ4n) is 2.39. The van der Waals surface area contributed by atoms with Crippen LogP contribution in [0.25, 0.3) is 0 Å². The van der Waals surface area contributed by atoms with E-state index in [1.807, 2.05) is 6.07 Å². The van der Waals surface area contributed by atoms with Crippen LogP contribution in [0.3, 0.4) is 0 Å². The van der Waals surface area contributed by atoms with E-state index < -0.39 is 0 Å². The number of hydrogen-bond donors (Lipinski definition) is 1. The van der Waals surface area contributed by atoms with Crippen LogP contribution in [0, 0.1) is 6.92 Å². The predicted octanol–water partition coefficient (Wildman–Crippen LogP) is 3.71. The summed E-state index contributed by atoms with van der Waals surface area (Å²) < 4.78 is 10.7. The number of aryl methyl sites for hydroxylation is 1. The zero-order valence-electron chi connectivity index (χ0n) is 13.1. The Balaban J connectivity index is 2.44. The first-order valence-corrected chi connectivity index (χ1v) is 7.20. The molecule has 2 aromatic carbocycles. The van der Waals surface area contributed by atoms with Gasteiger partial charge >= 0.3 is 0 Å². The lowest BCUT2D eigenvalue weighted by atomic mass is 9.97. The highest BCUT2D eigenvalue weighted by molar-refractivity contribution is 5.43. The van der Waals surface area contributed by atoms with E-state index in [1.165, 1.54) is 11.1 Å². The number of benzene rings is 2. The van der Waals surface area contributed by atoms with Gasteiger partial charge < -0.3 is 14.8 Å². The lowest BCUT2D eigenvalue weighted by molar-refractivity contribution is 0.392. The van der Waals surface area contributed by atoms with Crippen molar-refractivity contribution >= 4 is 0 Å². The Morgan fingerprint density at radius 1 is 0.905 bits per heavy atom. The van der Waals surface area contributed by atoms with E-state index in [0.29, 0.717) is 0 Å². The quantitative estimate of drug-likeness (QED) is 0.877. The summed E-state index contributed by atoms with van der Waals surface area (Å²) in [4.78, 5) is 0. The summed E-state index contributed by atoms with van der Waals surface area (Å²) in [5, 5.41) is 3.53. The predicted molar refractivity (Wildman–Crippen MR) is 86.2 cm³/mol. The molecule has 112 valence electrons. The van der Waals surface area contributed by atoms with Crippen molar-refractivity contribution < 1.29 is 9.47 Å². The van der Waals surface area contributed by atoms with Crippen molar-refractivity contribution in [3.63, 3.8) is 0 Å². The summed E-state index contributed by atoms with van der Waals surface area (Å²) in [5.41, 5.74) is 3.63. The highest BCUT2D eigenvalue weighted by Gasteiger charge is 2.15. The van der Waals surface area contributed by atoms with Crippen LogP contribution in [0.15, 0.2) is 42.5 Å². The largest absolute Gasteiger partial charge is 0.497 e. The molecular formula is C18H23NO2. The molecule has 0 heterocycles.